The van der Waals surface area contributed by atoms with E-state index >= 15 is 0 Å². The number of anilines is 1. The molecule has 1 aliphatic heterocycles. The minimum absolute atomic E-state index is 0.175. The molecule has 0 aliphatic carbocycles. The fraction of sp³-hybridized carbons (Fsp3) is 0.231. The normalized spacial score (nSPS) is 14.0. The Morgan fingerprint density at radius 1 is 1.50 bits per heavy atom. The van der Waals surface area contributed by atoms with Gasteiger partial charge in [-0.15, -0.1) is 0 Å². The van der Waals surface area contributed by atoms with Crippen LogP contribution in [0.25, 0.3) is 0 Å². The molecule has 2 N–H and O–H groups in total. The zero-order valence-corrected chi connectivity index (χ0v) is 12.1. The first-order valence-corrected chi connectivity index (χ1v) is 6.95. The minimum atomic E-state index is -0.466. The van der Waals surface area contributed by atoms with E-state index < -0.39 is 5.82 Å². The summed E-state index contributed by atoms with van der Waals surface area (Å²) in [6.07, 6.45) is 2.33. The van der Waals surface area contributed by atoms with Gasteiger partial charge in [0, 0.05) is 17.4 Å². The van der Waals surface area contributed by atoms with Crippen LogP contribution < -0.4 is 5.32 Å². The van der Waals surface area contributed by atoms with Gasteiger partial charge in [-0.3, -0.25) is 0 Å². The molecule has 3 rings (SSSR count). The average Bonchev–Trinajstić information content (AvgIpc) is 2.89. The van der Waals surface area contributed by atoms with Crippen LogP contribution in [-0.4, -0.2) is 27.4 Å². The Bertz CT molecular complexity index is 658. The van der Waals surface area contributed by atoms with Gasteiger partial charge in [-0.05, 0) is 18.2 Å². The molecule has 0 radical (unpaired) electrons. The number of halogens is 2. The maximum atomic E-state index is 13.7. The van der Waals surface area contributed by atoms with E-state index in [1.165, 1.54) is 12.1 Å². The number of imidazole rings is 1. The van der Waals surface area contributed by atoms with Gasteiger partial charge >= 0.3 is 6.03 Å². The molecule has 0 spiro atoms. The Morgan fingerprint density at radius 2 is 2.35 bits per heavy atom. The zero-order valence-electron chi connectivity index (χ0n) is 10.5. The molecule has 1 aromatic heterocycles. The van der Waals surface area contributed by atoms with Crippen molar-refractivity contribution in [3.05, 3.63) is 46.2 Å². The number of fused-ring (bicyclic) bond motifs is 1. The van der Waals surface area contributed by atoms with Gasteiger partial charge in [-0.1, -0.05) is 15.9 Å². The molecule has 0 atom stereocenters. The smallest absolute Gasteiger partial charge is 0.322 e. The number of aromatic amines is 1. The SMILES string of the molecule is O=C(Nc1ccc(Br)cc1F)N1CCc2nc[nH]c2C1. The number of carbonyl (C=O) groups excluding carboxylic acids is 1. The van der Waals surface area contributed by atoms with E-state index in [-0.39, 0.29) is 11.7 Å². The number of aromatic nitrogens is 2. The second-order valence-corrected chi connectivity index (χ2v) is 5.47. The van der Waals surface area contributed by atoms with Crippen molar-refractivity contribution in [3.8, 4) is 0 Å². The standard InChI is InChI=1S/C13H12BrFN4O/c14-8-1-2-10(9(15)5-8)18-13(20)19-4-3-11-12(6-19)17-7-16-11/h1-2,5,7H,3-4,6H2,(H,16,17)(H,18,20). The number of nitrogens with one attached hydrogen (secondary N) is 2. The Kier molecular flexibility index (Phi) is 3.43. The summed E-state index contributed by atoms with van der Waals surface area (Å²) in [4.78, 5) is 21.0. The highest BCUT2D eigenvalue weighted by atomic mass is 79.9. The van der Waals surface area contributed by atoms with Crippen molar-refractivity contribution < 1.29 is 9.18 Å². The van der Waals surface area contributed by atoms with Crippen molar-refractivity contribution in [1.29, 1.82) is 0 Å². The number of hydrogen-bond donors (Lipinski definition) is 2. The first kappa shape index (κ1) is 13.1. The highest BCUT2D eigenvalue weighted by molar-refractivity contribution is 9.10. The number of H-pyrrole nitrogens is 1. The first-order chi connectivity index (χ1) is 9.63. The lowest BCUT2D eigenvalue weighted by atomic mass is 10.1. The van der Waals surface area contributed by atoms with E-state index in [0.717, 1.165) is 11.4 Å². The molecule has 1 aliphatic rings. The van der Waals surface area contributed by atoms with Gasteiger partial charge in [0.2, 0.25) is 0 Å². The Balaban J connectivity index is 1.71. The quantitative estimate of drug-likeness (QED) is 0.839. The molecular formula is C13H12BrFN4O. The first-order valence-electron chi connectivity index (χ1n) is 6.15. The molecule has 2 amide bonds. The van der Waals surface area contributed by atoms with E-state index in [1.807, 2.05) is 0 Å². The van der Waals surface area contributed by atoms with Crippen LogP contribution in [0.4, 0.5) is 14.9 Å². The summed E-state index contributed by atoms with van der Waals surface area (Å²) in [5, 5.41) is 2.59. The lowest BCUT2D eigenvalue weighted by Crippen LogP contribution is -2.39. The van der Waals surface area contributed by atoms with Crippen molar-refractivity contribution in [2.75, 3.05) is 11.9 Å². The topological polar surface area (TPSA) is 61.0 Å². The monoisotopic (exact) mass is 338 g/mol. The van der Waals surface area contributed by atoms with Gasteiger partial charge in [0.25, 0.3) is 0 Å². The van der Waals surface area contributed by atoms with Crippen molar-refractivity contribution in [3.63, 3.8) is 0 Å². The molecule has 0 unspecified atom stereocenters. The summed E-state index contributed by atoms with van der Waals surface area (Å²) in [6.45, 7) is 1.03. The fourth-order valence-corrected chi connectivity index (χ4v) is 2.50. The molecule has 2 aromatic rings. The molecule has 5 nitrogen and oxygen atoms in total. The van der Waals surface area contributed by atoms with Crippen LogP contribution in [0.5, 0.6) is 0 Å². The molecule has 104 valence electrons. The molecular weight excluding hydrogens is 327 g/mol. The van der Waals surface area contributed by atoms with Gasteiger partial charge in [0.15, 0.2) is 0 Å². The maximum absolute atomic E-state index is 13.7. The molecule has 0 fully saturated rings. The summed E-state index contributed by atoms with van der Waals surface area (Å²) in [7, 11) is 0. The third kappa shape index (κ3) is 2.53. The highest BCUT2D eigenvalue weighted by Gasteiger charge is 2.22. The van der Waals surface area contributed by atoms with Crippen LogP contribution in [0, 0.1) is 5.82 Å². The molecule has 7 heteroatoms. The third-order valence-corrected chi connectivity index (χ3v) is 3.73. The summed E-state index contributed by atoms with van der Waals surface area (Å²) >= 11 is 3.18. The molecule has 0 bridgehead atoms. The van der Waals surface area contributed by atoms with Crippen molar-refractivity contribution in [1.82, 2.24) is 14.9 Å². The number of nitrogens with zero attached hydrogens (tertiary/aromatic N) is 2. The summed E-state index contributed by atoms with van der Waals surface area (Å²) in [5.74, 6) is -0.466. The number of benzene rings is 1. The maximum Gasteiger partial charge on any atom is 0.322 e. The predicted octanol–water partition coefficient (Wildman–Crippen LogP) is 2.90. The van der Waals surface area contributed by atoms with E-state index in [9.17, 15) is 9.18 Å². The zero-order chi connectivity index (χ0) is 14.1. The Morgan fingerprint density at radius 3 is 3.15 bits per heavy atom. The highest BCUT2D eigenvalue weighted by Crippen LogP contribution is 2.21. The molecule has 2 heterocycles. The molecule has 1 aromatic carbocycles. The second kappa shape index (κ2) is 5.24. The van der Waals surface area contributed by atoms with Crippen LogP contribution in [-0.2, 0) is 13.0 Å². The van der Waals surface area contributed by atoms with E-state index in [2.05, 4.69) is 31.2 Å². The number of carbonyl (C=O) groups is 1. The Labute approximate surface area is 123 Å². The predicted molar refractivity (Wildman–Crippen MR) is 75.8 cm³/mol. The summed E-state index contributed by atoms with van der Waals surface area (Å²) < 4.78 is 14.3. The summed E-state index contributed by atoms with van der Waals surface area (Å²) in [5.41, 5.74) is 2.10. The number of amides is 2. The van der Waals surface area contributed by atoms with Gasteiger partial charge < -0.3 is 15.2 Å². The van der Waals surface area contributed by atoms with Crippen LogP contribution in [0.3, 0.4) is 0 Å². The minimum Gasteiger partial charge on any atom is -0.347 e. The van der Waals surface area contributed by atoms with Crippen molar-refractivity contribution in [2.45, 2.75) is 13.0 Å². The van der Waals surface area contributed by atoms with E-state index in [1.54, 1.807) is 17.3 Å². The number of urea groups is 1. The number of hydrogen-bond acceptors (Lipinski definition) is 2. The third-order valence-electron chi connectivity index (χ3n) is 3.23. The molecule has 0 saturated heterocycles. The Hall–Kier alpha value is -1.89. The van der Waals surface area contributed by atoms with Gasteiger partial charge in [0.05, 0.1) is 29.9 Å². The lowest BCUT2D eigenvalue weighted by Gasteiger charge is -2.26. The van der Waals surface area contributed by atoms with Gasteiger partial charge in [-0.2, -0.15) is 0 Å². The second-order valence-electron chi connectivity index (χ2n) is 4.55. The summed E-state index contributed by atoms with van der Waals surface area (Å²) in [6, 6.07) is 4.22. The van der Waals surface area contributed by atoms with E-state index in [0.29, 0.717) is 24.0 Å². The van der Waals surface area contributed by atoms with E-state index in [4.69, 9.17) is 0 Å². The molecule has 0 saturated carbocycles. The largest absolute Gasteiger partial charge is 0.347 e. The van der Waals surface area contributed by atoms with Crippen LogP contribution in [0.1, 0.15) is 11.4 Å². The van der Waals surface area contributed by atoms with Gasteiger partial charge in [0.1, 0.15) is 5.82 Å². The van der Waals surface area contributed by atoms with Crippen molar-refractivity contribution >= 4 is 27.6 Å². The number of rotatable bonds is 1. The lowest BCUT2D eigenvalue weighted by molar-refractivity contribution is 0.205. The van der Waals surface area contributed by atoms with Gasteiger partial charge in [-0.25, -0.2) is 14.2 Å². The molecule has 20 heavy (non-hydrogen) atoms. The van der Waals surface area contributed by atoms with Crippen LogP contribution >= 0.6 is 15.9 Å². The van der Waals surface area contributed by atoms with Crippen molar-refractivity contribution in [2.24, 2.45) is 0 Å². The average molecular weight is 339 g/mol. The fourth-order valence-electron chi connectivity index (χ4n) is 2.17. The van der Waals surface area contributed by atoms with Crippen LogP contribution in [0.15, 0.2) is 29.0 Å². The van der Waals surface area contributed by atoms with Crippen LogP contribution in [0.2, 0.25) is 0 Å².